The van der Waals surface area contributed by atoms with Gasteiger partial charge in [-0.05, 0) is 32.0 Å². The van der Waals surface area contributed by atoms with E-state index >= 15 is 0 Å². The molecule has 1 rings (SSSR count). The third-order valence-corrected chi connectivity index (χ3v) is 4.67. The van der Waals surface area contributed by atoms with E-state index in [9.17, 15) is 4.57 Å². The number of benzene rings is 1. The second kappa shape index (κ2) is 9.82. The molecule has 0 fully saturated rings. The molecular formula is C14H23O7P. The molecule has 0 spiro atoms. The van der Waals surface area contributed by atoms with Crippen molar-refractivity contribution in [2.45, 2.75) is 13.8 Å². The first-order valence-corrected chi connectivity index (χ1v) is 8.66. The van der Waals surface area contributed by atoms with Crippen molar-refractivity contribution in [1.82, 2.24) is 0 Å². The van der Waals surface area contributed by atoms with Gasteiger partial charge in [-0.1, -0.05) is 0 Å². The average molecular weight is 334 g/mol. The maximum Gasteiger partial charge on any atom is 0.365 e. The Labute approximate surface area is 130 Å². The fourth-order valence-corrected chi connectivity index (χ4v) is 3.49. The van der Waals surface area contributed by atoms with Gasteiger partial charge in [-0.25, -0.2) is 0 Å². The Hall–Kier alpha value is -1.11. The van der Waals surface area contributed by atoms with Crippen molar-refractivity contribution in [1.29, 1.82) is 0 Å². The minimum atomic E-state index is -3.56. The number of hydrogen-bond donors (Lipinski definition) is 2. The van der Waals surface area contributed by atoms with Crippen LogP contribution in [0, 0.1) is 0 Å². The zero-order chi connectivity index (χ0) is 16.4. The van der Waals surface area contributed by atoms with Crippen LogP contribution in [0.15, 0.2) is 18.2 Å². The van der Waals surface area contributed by atoms with Crippen LogP contribution in [0.25, 0.3) is 0 Å². The Balaban J connectivity index is 3.20. The first-order valence-electron chi connectivity index (χ1n) is 7.12. The van der Waals surface area contributed by atoms with Gasteiger partial charge in [0.15, 0.2) is 0 Å². The molecule has 0 aliphatic carbocycles. The summed E-state index contributed by atoms with van der Waals surface area (Å²) in [6, 6.07) is 4.70. The van der Waals surface area contributed by atoms with E-state index in [1.54, 1.807) is 26.0 Å². The van der Waals surface area contributed by atoms with Gasteiger partial charge in [0.2, 0.25) is 0 Å². The Morgan fingerprint density at radius 3 is 2.14 bits per heavy atom. The van der Waals surface area contributed by atoms with Gasteiger partial charge in [0.25, 0.3) is 0 Å². The number of rotatable bonds is 11. The van der Waals surface area contributed by atoms with Crippen molar-refractivity contribution < 1.29 is 33.3 Å². The van der Waals surface area contributed by atoms with Crippen LogP contribution in [-0.2, 0) is 13.6 Å². The van der Waals surface area contributed by atoms with Crippen molar-refractivity contribution >= 4 is 12.9 Å². The van der Waals surface area contributed by atoms with Crippen molar-refractivity contribution in [3.8, 4) is 11.5 Å². The second-order valence-corrected chi connectivity index (χ2v) is 6.10. The van der Waals surface area contributed by atoms with Crippen molar-refractivity contribution in [3.05, 3.63) is 18.2 Å². The molecular weight excluding hydrogens is 311 g/mol. The molecule has 0 aromatic heterocycles. The van der Waals surface area contributed by atoms with Crippen LogP contribution < -0.4 is 14.8 Å². The summed E-state index contributed by atoms with van der Waals surface area (Å²) in [6.45, 7) is 3.71. The highest BCUT2D eigenvalue weighted by Gasteiger charge is 2.31. The molecule has 22 heavy (non-hydrogen) atoms. The molecule has 0 aliphatic heterocycles. The van der Waals surface area contributed by atoms with Crippen LogP contribution in [-0.4, -0.2) is 49.9 Å². The SMILES string of the molecule is CCOP(=O)(OCC)c1cc(OCCO)ccc1OCCO. The summed E-state index contributed by atoms with van der Waals surface area (Å²) >= 11 is 0. The molecule has 8 heteroatoms. The number of aliphatic hydroxyl groups excluding tert-OH is 2. The zero-order valence-corrected chi connectivity index (χ0v) is 13.8. The highest BCUT2D eigenvalue weighted by atomic mass is 31.2. The second-order valence-electron chi connectivity index (χ2n) is 4.11. The quantitative estimate of drug-likeness (QED) is 0.589. The lowest BCUT2D eigenvalue weighted by Gasteiger charge is -2.20. The van der Waals surface area contributed by atoms with Gasteiger partial charge in [-0.2, -0.15) is 0 Å². The maximum absolute atomic E-state index is 12.9. The summed E-state index contributed by atoms with van der Waals surface area (Å²) in [5.74, 6) is 0.718. The monoisotopic (exact) mass is 334 g/mol. The fourth-order valence-electron chi connectivity index (χ4n) is 1.76. The minimum absolute atomic E-state index is 0.0576. The lowest BCUT2D eigenvalue weighted by atomic mass is 10.3. The van der Waals surface area contributed by atoms with E-state index in [1.807, 2.05) is 0 Å². The molecule has 0 amide bonds. The summed E-state index contributed by atoms with van der Waals surface area (Å²) < 4.78 is 34.3. The fraction of sp³-hybridized carbons (Fsp3) is 0.571. The Kier molecular flexibility index (Phi) is 8.45. The number of aliphatic hydroxyl groups is 2. The zero-order valence-electron chi connectivity index (χ0n) is 12.9. The molecule has 0 unspecified atom stereocenters. The molecule has 0 saturated heterocycles. The van der Waals surface area contributed by atoms with Gasteiger partial charge >= 0.3 is 7.60 Å². The van der Waals surface area contributed by atoms with E-state index in [4.69, 9.17) is 28.7 Å². The first kappa shape index (κ1) is 18.9. The summed E-state index contributed by atoms with van der Waals surface area (Å²) in [4.78, 5) is 0. The van der Waals surface area contributed by atoms with E-state index in [0.717, 1.165) is 0 Å². The van der Waals surface area contributed by atoms with Crippen molar-refractivity contribution in [2.24, 2.45) is 0 Å². The topological polar surface area (TPSA) is 94.5 Å². The minimum Gasteiger partial charge on any atom is -0.491 e. The molecule has 0 saturated carbocycles. The van der Waals surface area contributed by atoms with Gasteiger partial charge in [0.1, 0.15) is 30.0 Å². The third-order valence-electron chi connectivity index (χ3n) is 2.53. The van der Waals surface area contributed by atoms with Crippen LogP contribution in [0.1, 0.15) is 13.8 Å². The van der Waals surface area contributed by atoms with E-state index in [2.05, 4.69) is 0 Å². The number of hydrogen-bond acceptors (Lipinski definition) is 7. The van der Waals surface area contributed by atoms with Crippen LogP contribution in [0.4, 0.5) is 0 Å². The third kappa shape index (κ3) is 5.26. The lowest BCUT2D eigenvalue weighted by Crippen LogP contribution is -2.17. The van der Waals surface area contributed by atoms with Crippen molar-refractivity contribution in [3.63, 3.8) is 0 Å². The molecule has 0 bridgehead atoms. The number of ether oxygens (including phenoxy) is 2. The molecule has 126 valence electrons. The van der Waals surface area contributed by atoms with Crippen LogP contribution in [0.5, 0.6) is 11.5 Å². The molecule has 0 atom stereocenters. The summed E-state index contributed by atoms with van der Waals surface area (Å²) in [6.07, 6.45) is 0. The van der Waals surface area contributed by atoms with Gasteiger partial charge in [-0.3, -0.25) is 4.57 Å². The Bertz CT molecular complexity index is 482. The Morgan fingerprint density at radius 1 is 1.00 bits per heavy atom. The Morgan fingerprint density at radius 2 is 1.59 bits per heavy atom. The maximum atomic E-state index is 12.9. The predicted molar refractivity (Wildman–Crippen MR) is 82.1 cm³/mol. The molecule has 2 N–H and O–H groups in total. The largest absolute Gasteiger partial charge is 0.491 e. The summed E-state index contributed by atoms with van der Waals surface area (Å²) in [5.41, 5.74) is 0. The van der Waals surface area contributed by atoms with E-state index in [-0.39, 0.29) is 44.9 Å². The first-order chi connectivity index (χ1) is 10.6. The highest BCUT2D eigenvalue weighted by Crippen LogP contribution is 2.49. The van der Waals surface area contributed by atoms with Gasteiger partial charge in [0, 0.05) is 0 Å². The average Bonchev–Trinajstić information content (AvgIpc) is 2.51. The molecule has 7 nitrogen and oxygen atoms in total. The van der Waals surface area contributed by atoms with E-state index < -0.39 is 7.60 Å². The standard InChI is InChI=1S/C14H23O7P/c1-3-20-22(17,21-4-2)14-11-12(18-9-7-15)5-6-13(14)19-10-8-16/h5-6,11,15-16H,3-4,7-10H2,1-2H3. The van der Waals surface area contributed by atoms with Gasteiger partial charge in [0.05, 0.1) is 26.4 Å². The molecule has 0 heterocycles. The van der Waals surface area contributed by atoms with Gasteiger partial charge < -0.3 is 28.7 Å². The smallest absolute Gasteiger partial charge is 0.365 e. The van der Waals surface area contributed by atoms with Crippen LogP contribution in [0.3, 0.4) is 0 Å². The predicted octanol–water partition coefficient (Wildman–Crippen LogP) is 1.32. The molecule has 0 radical (unpaired) electrons. The summed E-state index contributed by atoms with van der Waals surface area (Å²) in [5, 5.41) is 17.9. The van der Waals surface area contributed by atoms with Crippen LogP contribution in [0.2, 0.25) is 0 Å². The van der Waals surface area contributed by atoms with Crippen LogP contribution >= 0.6 is 7.60 Å². The van der Waals surface area contributed by atoms with Gasteiger partial charge in [-0.15, -0.1) is 0 Å². The molecule has 1 aromatic rings. The van der Waals surface area contributed by atoms with Crippen molar-refractivity contribution in [2.75, 3.05) is 39.6 Å². The molecule has 0 aliphatic rings. The van der Waals surface area contributed by atoms with E-state index in [0.29, 0.717) is 11.5 Å². The van der Waals surface area contributed by atoms with E-state index in [1.165, 1.54) is 6.07 Å². The highest BCUT2D eigenvalue weighted by molar-refractivity contribution is 7.62. The molecule has 1 aromatic carbocycles. The summed E-state index contributed by atoms with van der Waals surface area (Å²) in [7, 11) is -3.56. The normalized spacial score (nSPS) is 11.5. The lowest BCUT2D eigenvalue weighted by molar-refractivity contribution is 0.197.